The third-order valence-electron chi connectivity index (χ3n) is 6.03. The first-order valence-corrected chi connectivity index (χ1v) is 12.1. The van der Waals surface area contributed by atoms with Gasteiger partial charge in [0.05, 0.1) is 31.3 Å². The van der Waals surface area contributed by atoms with E-state index in [1.165, 1.54) is 0 Å². The average Bonchev–Trinajstić information content (AvgIpc) is 3.05. The Bertz CT molecular complexity index is 1250. The number of nitrogens with one attached hydrogen (secondary N) is 2. The molecule has 190 valence electrons. The van der Waals surface area contributed by atoms with E-state index in [4.69, 9.17) is 19.6 Å². The highest BCUT2D eigenvalue weighted by Gasteiger charge is 2.23. The van der Waals surface area contributed by atoms with E-state index >= 15 is 0 Å². The second kappa shape index (κ2) is 12.5. The van der Waals surface area contributed by atoms with Gasteiger partial charge >= 0.3 is 5.76 Å². The van der Waals surface area contributed by atoms with Crippen molar-refractivity contribution in [2.75, 3.05) is 39.5 Å². The number of rotatable bonds is 10. The number of amides is 1. The van der Waals surface area contributed by atoms with Crippen LogP contribution in [0.5, 0.6) is 0 Å². The molecule has 0 bridgehead atoms. The summed E-state index contributed by atoms with van der Waals surface area (Å²) >= 11 is 0. The lowest BCUT2D eigenvalue weighted by molar-refractivity contribution is -0.132. The largest absolute Gasteiger partial charge is 0.420 e. The molecule has 0 aliphatic carbocycles. The molecule has 1 aliphatic rings. The van der Waals surface area contributed by atoms with Crippen molar-refractivity contribution in [3.8, 4) is 17.2 Å². The summed E-state index contributed by atoms with van der Waals surface area (Å²) in [5, 5.41) is 15.5. The van der Waals surface area contributed by atoms with Gasteiger partial charge in [-0.25, -0.2) is 4.79 Å². The lowest BCUT2D eigenvalue weighted by Crippen LogP contribution is -2.46. The van der Waals surface area contributed by atoms with Crippen molar-refractivity contribution in [3.63, 3.8) is 0 Å². The fraction of sp³-hybridized carbons (Fsp3) is 0.423. The number of nitriles is 1. The van der Waals surface area contributed by atoms with Crippen LogP contribution in [0.2, 0.25) is 0 Å². The van der Waals surface area contributed by atoms with Gasteiger partial charge in [0, 0.05) is 26.1 Å². The minimum absolute atomic E-state index is 0.277. The first-order chi connectivity index (χ1) is 17.6. The molecule has 0 radical (unpaired) electrons. The zero-order chi connectivity index (χ0) is 25.3. The van der Waals surface area contributed by atoms with Crippen molar-refractivity contribution >= 4 is 17.0 Å². The van der Waals surface area contributed by atoms with Crippen LogP contribution in [0.25, 0.3) is 22.2 Å². The second-order valence-electron chi connectivity index (χ2n) is 8.61. The molecule has 3 aromatic rings. The Kier molecular flexibility index (Phi) is 8.86. The summed E-state index contributed by atoms with van der Waals surface area (Å²) < 4.78 is 17.9. The topological polar surface area (TPSA) is 145 Å². The molecule has 1 aliphatic heterocycles. The maximum Gasteiger partial charge on any atom is 0.420 e. The van der Waals surface area contributed by atoms with E-state index in [1.807, 2.05) is 36.4 Å². The quantitative estimate of drug-likeness (QED) is 0.357. The number of carbonyl (C=O) groups excluding carboxylic acids is 1. The highest BCUT2D eigenvalue weighted by atomic mass is 16.5. The van der Waals surface area contributed by atoms with Gasteiger partial charge in [-0.1, -0.05) is 30.3 Å². The third kappa shape index (κ3) is 6.38. The number of hydrogen-bond acceptors (Lipinski definition) is 8. The van der Waals surface area contributed by atoms with Crippen LogP contribution >= 0.6 is 0 Å². The molecule has 36 heavy (non-hydrogen) atoms. The van der Waals surface area contributed by atoms with Gasteiger partial charge in [-0.05, 0) is 41.8 Å². The molecular formula is C26H31N5O5. The van der Waals surface area contributed by atoms with Crippen molar-refractivity contribution in [2.24, 2.45) is 5.73 Å². The Morgan fingerprint density at radius 3 is 2.83 bits per heavy atom. The number of nitrogens with two attached hydrogens (primary N) is 1. The van der Waals surface area contributed by atoms with Gasteiger partial charge in [0.25, 0.3) is 5.91 Å². The fourth-order valence-electron chi connectivity index (χ4n) is 4.14. The van der Waals surface area contributed by atoms with Crippen LogP contribution in [0.15, 0.2) is 51.7 Å². The zero-order valence-electron chi connectivity index (χ0n) is 20.1. The van der Waals surface area contributed by atoms with Crippen LogP contribution in [-0.4, -0.2) is 62.1 Å². The molecule has 1 fully saturated rings. The first kappa shape index (κ1) is 25.6. The smallest absolute Gasteiger partial charge is 0.408 e. The lowest BCUT2D eigenvalue weighted by atomic mass is 10.0. The highest BCUT2D eigenvalue weighted by Crippen LogP contribution is 2.25. The molecule has 2 aromatic carbocycles. The zero-order valence-corrected chi connectivity index (χ0v) is 20.1. The second-order valence-corrected chi connectivity index (χ2v) is 8.61. The molecule has 10 heteroatoms. The molecule has 0 spiro atoms. The third-order valence-corrected chi connectivity index (χ3v) is 6.03. The standard InChI is InChI=1S/C26H31N5O5/c27-8-12-34-13-10-31-22-15-20(6-7-23(22)36-26(31)33)19-4-2-18(3-5-19)14-21(16-28)30-25(32)24-17-29-9-1-11-35-24/h2-7,15,21,24,29H,1,8-14,17,27H2,(H,30,32). The van der Waals surface area contributed by atoms with E-state index in [1.54, 1.807) is 10.6 Å². The molecule has 4 rings (SSSR count). The first-order valence-electron chi connectivity index (χ1n) is 12.1. The van der Waals surface area contributed by atoms with E-state index in [9.17, 15) is 14.9 Å². The Morgan fingerprint density at radius 2 is 2.06 bits per heavy atom. The van der Waals surface area contributed by atoms with Crippen LogP contribution < -0.4 is 22.1 Å². The van der Waals surface area contributed by atoms with Crippen molar-refractivity contribution in [2.45, 2.75) is 31.5 Å². The predicted octanol–water partition coefficient (Wildman–Crippen LogP) is 1.17. The van der Waals surface area contributed by atoms with E-state index in [-0.39, 0.29) is 5.91 Å². The summed E-state index contributed by atoms with van der Waals surface area (Å²) in [5.41, 5.74) is 9.45. The van der Waals surface area contributed by atoms with Crippen LogP contribution in [0.4, 0.5) is 0 Å². The number of nitrogens with zero attached hydrogens (tertiary/aromatic N) is 2. The molecule has 2 unspecified atom stereocenters. The Hall–Kier alpha value is -3.49. The van der Waals surface area contributed by atoms with Crippen molar-refractivity contribution < 1.29 is 18.7 Å². The maximum atomic E-state index is 12.5. The predicted molar refractivity (Wildman–Crippen MR) is 134 cm³/mol. The SMILES string of the molecule is N#CC(Cc1ccc(-c2ccc3oc(=O)n(CCOCCN)c3c2)cc1)NC(=O)C1CNCCCO1. The number of ether oxygens (including phenoxy) is 2. The number of hydrogen-bond donors (Lipinski definition) is 3. The van der Waals surface area contributed by atoms with Gasteiger partial charge in [0.1, 0.15) is 12.1 Å². The Balaban J connectivity index is 1.43. The van der Waals surface area contributed by atoms with Crippen molar-refractivity contribution in [1.82, 2.24) is 15.2 Å². The minimum atomic E-state index is -0.659. The molecular weight excluding hydrogens is 462 g/mol. The van der Waals surface area contributed by atoms with Gasteiger partial charge in [0.15, 0.2) is 5.58 Å². The van der Waals surface area contributed by atoms with Crippen LogP contribution in [0.3, 0.4) is 0 Å². The van der Waals surface area contributed by atoms with Gasteiger partial charge in [0.2, 0.25) is 0 Å². The number of aromatic nitrogens is 1. The minimum Gasteiger partial charge on any atom is -0.408 e. The lowest BCUT2D eigenvalue weighted by Gasteiger charge is -2.18. The van der Waals surface area contributed by atoms with E-state index in [2.05, 4.69) is 16.7 Å². The molecule has 1 amide bonds. The fourth-order valence-corrected chi connectivity index (χ4v) is 4.14. The molecule has 10 nitrogen and oxygen atoms in total. The molecule has 0 saturated carbocycles. The highest BCUT2D eigenvalue weighted by molar-refractivity contribution is 5.82. The molecule has 1 saturated heterocycles. The summed E-state index contributed by atoms with van der Waals surface area (Å²) in [6.45, 7) is 3.37. The van der Waals surface area contributed by atoms with E-state index in [0.717, 1.165) is 29.7 Å². The number of oxazole rings is 1. The molecule has 2 atom stereocenters. The summed E-state index contributed by atoms with van der Waals surface area (Å²) in [6.07, 6.45) is 0.645. The molecule has 1 aromatic heterocycles. The van der Waals surface area contributed by atoms with Gasteiger partial charge in [-0.2, -0.15) is 5.26 Å². The summed E-state index contributed by atoms with van der Waals surface area (Å²) in [5.74, 6) is -0.705. The van der Waals surface area contributed by atoms with Crippen molar-refractivity contribution in [3.05, 3.63) is 58.6 Å². The molecule has 4 N–H and O–H groups in total. The maximum absolute atomic E-state index is 12.5. The van der Waals surface area contributed by atoms with Gasteiger partial charge < -0.3 is 30.3 Å². The molecule has 2 heterocycles. The van der Waals surface area contributed by atoms with Crippen LogP contribution in [-0.2, 0) is 27.2 Å². The summed E-state index contributed by atoms with van der Waals surface area (Å²) in [4.78, 5) is 24.8. The Labute approximate surface area is 209 Å². The van der Waals surface area contributed by atoms with Crippen LogP contribution in [0, 0.1) is 11.3 Å². The van der Waals surface area contributed by atoms with E-state index in [0.29, 0.717) is 57.0 Å². The van der Waals surface area contributed by atoms with Gasteiger partial charge in [-0.3, -0.25) is 9.36 Å². The number of carbonyl (C=O) groups is 1. The number of fused-ring (bicyclic) bond motifs is 1. The summed E-state index contributed by atoms with van der Waals surface area (Å²) in [6, 6.07) is 14.9. The van der Waals surface area contributed by atoms with Crippen molar-refractivity contribution in [1.29, 1.82) is 5.26 Å². The van der Waals surface area contributed by atoms with Crippen LogP contribution in [0.1, 0.15) is 12.0 Å². The Morgan fingerprint density at radius 1 is 1.25 bits per heavy atom. The monoisotopic (exact) mass is 493 g/mol. The van der Waals surface area contributed by atoms with E-state index < -0.39 is 17.9 Å². The normalized spacial score (nSPS) is 16.8. The van der Waals surface area contributed by atoms with Gasteiger partial charge in [-0.15, -0.1) is 0 Å². The average molecular weight is 494 g/mol. The number of benzene rings is 2. The summed E-state index contributed by atoms with van der Waals surface area (Å²) in [7, 11) is 0.